The maximum Gasteiger partial charge on any atom is 0.169 e. The van der Waals surface area contributed by atoms with Crippen LogP contribution in [0.25, 0.3) is 0 Å². The second-order valence-corrected chi connectivity index (χ2v) is 12.8. The Morgan fingerprint density at radius 2 is 1.23 bits per heavy atom. The first-order valence-electron chi connectivity index (χ1n) is 17.2. The Hall–Kier alpha value is -1.96. The zero-order valence-corrected chi connectivity index (χ0v) is 28.7. The van der Waals surface area contributed by atoms with Crippen LogP contribution in [0, 0.1) is 5.92 Å². The van der Waals surface area contributed by atoms with Crippen LogP contribution in [0.5, 0.6) is 11.5 Å². The largest absolute Gasteiger partial charge is 0.493 e. The molecule has 0 bridgehead atoms. The molecule has 0 aromatic heterocycles. The Kier molecular flexibility index (Phi) is 22.1. The quantitative estimate of drug-likeness (QED) is 0.0773. The Bertz CT molecular complexity index is 887. The molecule has 0 saturated heterocycles. The second kappa shape index (κ2) is 24.4. The van der Waals surface area contributed by atoms with Crippen LogP contribution in [0.4, 0.5) is 0 Å². The molecule has 1 aromatic rings. The van der Waals surface area contributed by atoms with Crippen molar-refractivity contribution >= 4 is 11.6 Å². The van der Waals surface area contributed by atoms with Crippen LogP contribution in [0.3, 0.4) is 0 Å². The number of unbranched alkanes of at least 4 members (excludes halogenated alkanes) is 10. The Morgan fingerprint density at radius 3 is 1.84 bits per heavy atom. The van der Waals surface area contributed by atoms with E-state index in [9.17, 15) is 9.59 Å². The number of nitrogens with two attached hydrogens (primary N) is 1. The molecular weight excluding hydrogens is 538 g/mol. The van der Waals surface area contributed by atoms with Crippen LogP contribution in [0.1, 0.15) is 137 Å². The molecular formula is C36H65N3O4. The third kappa shape index (κ3) is 17.8. The third-order valence-corrected chi connectivity index (χ3v) is 7.96. The maximum atomic E-state index is 13.8. The lowest BCUT2D eigenvalue weighted by Gasteiger charge is -2.19. The summed E-state index contributed by atoms with van der Waals surface area (Å²) in [5, 5.41) is 0. The van der Waals surface area contributed by atoms with Crippen molar-refractivity contribution in [2.24, 2.45) is 11.7 Å². The topological polar surface area (TPSA) is 85.1 Å². The van der Waals surface area contributed by atoms with Crippen LogP contribution in [-0.2, 0) is 0 Å². The molecule has 2 N–H and O–H groups in total. The van der Waals surface area contributed by atoms with E-state index in [-0.39, 0.29) is 17.5 Å². The van der Waals surface area contributed by atoms with Gasteiger partial charge in [0.05, 0.1) is 24.3 Å². The van der Waals surface area contributed by atoms with Gasteiger partial charge in [0.1, 0.15) is 11.5 Å². The molecule has 1 unspecified atom stereocenters. The number of benzene rings is 1. The van der Waals surface area contributed by atoms with Crippen molar-refractivity contribution in [3.05, 3.63) is 23.3 Å². The SMILES string of the molecule is CCCCCCCCCOc1cc(OCCCCCN)c(C(=O)C(C)CCCN(C)C)cc1C(=O)CCCCCN(C)C. The Balaban J connectivity index is 3.16. The summed E-state index contributed by atoms with van der Waals surface area (Å²) in [5.74, 6) is 1.01. The van der Waals surface area contributed by atoms with Gasteiger partial charge in [-0.2, -0.15) is 0 Å². The summed E-state index contributed by atoms with van der Waals surface area (Å²) in [4.78, 5) is 31.6. The average molecular weight is 604 g/mol. The molecule has 0 aliphatic rings. The number of carbonyl (C=O) groups excluding carboxylic acids is 2. The molecule has 0 fully saturated rings. The van der Waals surface area contributed by atoms with Gasteiger partial charge >= 0.3 is 0 Å². The van der Waals surface area contributed by atoms with Gasteiger partial charge in [-0.1, -0.05) is 58.8 Å². The molecule has 0 heterocycles. The van der Waals surface area contributed by atoms with Crippen molar-refractivity contribution in [1.29, 1.82) is 0 Å². The van der Waals surface area contributed by atoms with E-state index in [1.54, 1.807) is 6.07 Å². The third-order valence-electron chi connectivity index (χ3n) is 7.96. The molecule has 0 spiro atoms. The summed E-state index contributed by atoms with van der Waals surface area (Å²) in [5.41, 5.74) is 6.70. The van der Waals surface area contributed by atoms with E-state index in [0.717, 1.165) is 77.3 Å². The highest BCUT2D eigenvalue weighted by molar-refractivity contribution is 6.05. The fourth-order valence-corrected chi connectivity index (χ4v) is 5.19. The first-order chi connectivity index (χ1) is 20.7. The van der Waals surface area contributed by atoms with Gasteiger partial charge in [0.2, 0.25) is 0 Å². The van der Waals surface area contributed by atoms with Gasteiger partial charge in [0, 0.05) is 18.4 Å². The van der Waals surface area contributed by atoms with Crippen LogP contribution in [-0.4, -0.2) is 82.4 Å². The van der Waals surface area contributed by atoms with Crippen LogP contribution < -0.4 is 15.2 Å². The lowest BCUT2D eigenvalue weighted by atomic mass is 9.91. The summed E-state index contributed by atoms with van der Waals surface area (Å²) >= 11 is 0. The molecule has 43 heavy (non-hydrogen) atoms. The molecule has 1 atom stereocenters. The smallest absolute Gasteiger partial charge is 0.169 e. The summed E-state index contributed by atoms with van der Waals surface area (Å²) < 4.78 is 12.5. The molecule has 0 radical (unpaired) electrons. The Morgan fingerprint density at radius 1 is 0.698 bits per heavy atom. The number of nitrogens with zero attached hydrogens (tertiary/aromatic N) is 2. The first-order valence-corrected chi connectivity index (χ1v) is 17.2. The van der Waals surface area contributed by atoms with Crippen molar-refractivity contribution in [2.75, 3.05) is 61.0 Å². The van der Waals surface area contributed by atoms with Gasteiger partial charge in [-0.05, 0) is 105 Å². The number of Topliss-reactive ketones (excluding diaryl/α,β-unsaturated/α-hetero) is 2. The molecule has 1 rings (SSSR count). The monoisotopic (exact) mass is 603 g/mol. The number of ketones is 2. The van der Waals surface area contributed by atoms with E-state index < -0.39 is 0 Å². The fourth-order valence-electron chi connectivity index (χ4n) is 5.19. The number of rotatable bonds is 28. The van der Waals surface area contributed by atoms with E-state index in [0.29, 0.717) is 48.8 Å². The van der Waals surface area contributed by atoms with Crippen LogP contribution in [0.15, 0.2) is 12.1 Å². The zero-order chi connectivity index (χ0) is 31.9. The summed E-state index contributed by atoms with van der Waals surface area (Å²) in [6.45, 7) is 7.90. The molecule has 7 nitrogen and oxygen atoms in total. The van der Waals surface area contributed by atoms with Crippen molar-refractivity contribution < 1.29 is 19.1 Å². The van der Waals surface area contributed by atoms with Gasteiger partial charge in [0.25, 0.3) is 0 Å². The number of ether oxygens (including phenoxy) is 2. The lowest BCUT2D eigenvalue weighted by molar-refractivity contribution is 0.0917. The predicted molar refractivity (Wildman–Crippen MR) is 181 cm³/mol. The minimum Gasteiger partial charge on any atom is -0.493 e. The molecule has 0 saturated carbocycles. The van der Waals surface area contributed by atoms with E-state index in [4.69, 9.17) is 15.2 Å². The maximum absolute atomic E-state index is 13.8. The molecule has 0 amide bonds. The second-order valence-electron chi connectivity index (χ2n) is 12.8. The molecule has 248 valence electrons. The number of hydrogen-bond acceptors (Lipinski definition) is 7. The molecule has 0 aliphatic heterocycles. The van der Waals surface area contributed by atoms with Crippen molar-refractivity contribution in [1.82, 2.24) is 9.80 Å². The van der Waals surface area contributed by atoms with Crippen molar-refractivity contribution in [3.8, 4) is 11.5 Å². The molecule has 7 heteroatoms. The highest BCUT2D eigenvalue weighted by atomic mass is 16.5. The summed E-state index contributed by atoms with van der Waals surface area (Å²) in [6.07, 6.45) is 16.2. The number of carbonyl (C=O) groups is 2. The van der Waals surface area contributed by atoms with E-state index in [1.165, 1.54) is 32.1 Å². The van der Waals surface area contributed by atoms with Gasteiger partial charge in [-0.3, -0.25) is 9.59 Å². The van der Waals surface area contributed by atoms with E-state index >= 15 is 0 Å². The molecule has 0 aliphatic carbocycles. The van der Waals surface area contributed by atoms with Gasteiger partial charge in [-0.15, -0.1) is 0 Å². The van der Waals surface area contributed by atoms with Crippen molar-refractivity contribution in [2.45, 2.75) is 117 Å². The van der Waals surface area contributed by atoms with Gasteiger partial charge in [0.15, 0.2) is 11.6 Å². The van der Waals surface area contributed by atoms with Gasteiger partial charge < -0.3 is 25.0 Å². The minimum atomic E-state index is -0.159. The normalized spacial score (nSPS) is 12.2. The minimum absolute atomic E-state index is 0.0365. The zero-order valence-electron chi connectivity index (χ0n) is 28.7. The van der Waals surface area contributed by atoms with Crippen LogP contribution in [0.2, 0.25) is 0 Å². The highest BCUT2D eigenvalue weighted by Crippen LogP contribution is 2.33. The van der Waals surface area contributed by atoms with E-state index in [1.807, 2.05) is 27.1 Å². The fraction of sp³-hybridized carbons (Fsp3) is 0.778. The number of hydrogen-bond donors (Lipinski definition) is 1. The molecule has 1 aromatic carbocycles. The first kappa shape index (κ1) is 39.1. The summed E-state index contributed by atoms with van der Waals surface area (Å²) in [7, 11) is 8.24. The van der Waals surface area contributed by atoms with Crippen LogP contribution >= 0.6 is 0 Å². The van der Waals surface area contributed by atoms with Crippen molar-refractivity contribution in [3.63, 3.8) is 0 Å². The standard InChI is InChI=1S/C36H65N3O4/c1-7-8-9-10-11-12-18-26-42-34-29-35(43-27-19-14-16-23-37)32(36(41)30(2)21-20-25-39(5)6)28-31(34)33(40)22-15-13-17-24-38(3)4/h28-30H,7-27,37H2,1-6H3. The summed E-state index contributed by atoms with van der Waals surface area (Å²) in [6, 6.07) is 3.60. The Labute approximate surface area is 264 Å². The van der Waals surface area contributed by atoms with Gasteiger partial charge in [-0.25, -0.2) is 0 Å². The highest BCUT2D eigenvalue weighted by Gasteiger charge is 2.24. The van der Waals surface area contributed by atoms with E-state index in [2.05, 4.69) is 30.8 Å². The average Bonchev–Trinajstić information content (AvgIpc) is 2.97. The lowest BCUT2D eigenvalue weighted by Crippen LogP contribution is -2.18. The predicted octanol–water partition coefficient (Wildman–Crippen LogP) is 7.79.